The molecule has 0 aromatic heterocycles. The molecule has 1 N–H and O–H groups in total. The topological polar surface area (TPSA) is 87.1 Å². The van der Waals surface area contributed by atoms with E-state index in [1.54, 1.807) is 28.8 Å². The Labute approximate surface area is 253 Å². The summed E-state index contributed by atoms with van der Waals surface area (Å²) in [6.45, 7) is 22.5. The molecule has 40 heavy (non-hydrogen) atoms. The first kappa shape index (κ1) is 33.2. The zero-order valence-corrected chi connectivity index (χ0v) is 27.7. The van der Waals surface area contributed by atoms with Crippen LogP contribution in [0.25, 0.3) is 0 Å². The van der Waals surface area contributed by atoms with Crippen LogP contribution in [0.5, 0.6) is 0 Å². The monoisotopic (exact) mass is 640 g/mol. The van der Waals surface area contributed by atoms with Gasteiger partial charge in [-0.2, -0.15) is 0 Å². The van der Waals surface area contributed by atoms with Gasteiger partial charge < -0.3 is 19.6 Å². The van der Waals surface area contributed by atoms with E-state index >= 15 is 0 Å². The minimum Gasteiger partial charge on any atom is -0.465 e. The van der Waals surface area contributed by atoms with Gasteiger partial charge in [0.1, 0.15) is 6.04 Å². The molecule has 1 spiro atoms. The summed E-state index contributed by atoms with van der Waals surface area (Å²) >= 11 is 5.41. The number of likely N-dealkylation sites (tertiary alicyclic amines) is 1. The summed E-state index contributed by atoms with van der Waals surface area (Å²) in [5.41, 5.74) is -0.555. The van der Waals surface area contributed by atoms with Gasteiger partial charge in [-0.1, -0.05) is 62.7 Å². The van der Waals surface area contributed by atoms with Gasteiger partial charge in [-0.15, -0.1) is 24.9 Å². The van der Waals surface area contributed by atoms with Crippen LogP contribution in [0.4, 0.5) is 0 Å². The van der Waals surface area contributed by atoms with Crippen LogP contribution in [0.15, 0.2) is 25.3 Å². The van der Waals surface area contributed by atoms with Crippen LogP contribution in [0, 0.1) is 23.2 Å². The molecule has 0 aromatic rings. The van der Waals surface area contributed by atoms with Crippen molar-refractivity contribution in [2.24, 2.45) is 23.2 Å². The van der Waals surface area contributed by atoms with Gasteiger partial charge in [0.25, 0.3) is 0 Å². The van der Waals surface area contributed by atoms with E-state index in [1.807, 2.05) is 18.7 Å². The lowest BCUT2D eigenvalue weighted by Gasteiger charge is -2.47. The second-order valence-corrected chi connectivity index (χ2v) is 16.5. The largest absolute Gasteiger partial charge is 0.465 e. The maximum absolute atomic E-state index is 14.9. The highest BCUT2D eigenvalue weighted by Gasteiger charge is 2.77. The SMILES string of the molecule is C=CCCCOC(=O)[C@H]1[C@H]2C(=O)N([C@@H](CO)C(C)C)C(C(=O)N(CC=C)C(C)(C)CC(C)(C)C)C23CC(Br)[C@@H]1S3. The van der Waals surface area contributed by atoms with Crippen molar-refractivity contribution < 1.29 is 24.2 Å². The molecule has 0 aromatic carbocycles. The van der Waals surface area contributed by atoms with Crippen molar-refractivity contribution in [1.29, 1.82) is 0 Å². The Hall–Kier alpha value is -1.32. The Morgan fingerprint density at radius 3 is 2.42 bits per heavy atom. The lowest BCUT2D eigenvalue weighted by atomic mass is 9.70. The number of hydrogen-bond acceptors (Lipinski definition) is 6. The summed E-state index contributed by atoms with van der Waals surface area (Å²) in [5, 5.41) is 10.3. The van der Waals surface area contributed by atoms with Gasteiger partial charge in [0.15, 0.2) is 0 Å². The van der Waals surface area contributed by atoms with E-state index in [1.165, 1.54) is 0 Å². The van der Waals surface area contributed by atoms with Crippen molar-refractivity contribution in [2.75, 3.05) is 19.8 Å². The summed E-state index contributed by atoms with van der Waals surface area (Å²) in [4.78, 5) is 46.3. The standard InChI is InChI=1S/C31H49BrN2O5S/c1-10-12-13-15-39-28(38)22-23-26(36)34(21(17-35)19(3)4)25(31(23)16-20(32)24(22)40-31)27(37)33(14-11-2)30(8,9)18-29(5,6)7/h10-11,19-25,35H,1-2,12-18H2,3-9H3/t20?,21-,22-,23-,24-,25?,31?/m0/s1. The number of nitrogens with zero attached hydrogens (tertiary/aromatic N) is 2. The van der Waals surface area contributed by atoms with E-state index in [9.17, 15) is 19.5 Å². The molecule has 0 aliphatic carbocycles. The zero-order chi connectivity index (χ0) is 30.2. The maximum Gasteiger partial charge on any atom is 0.310 e. The second kappa shape index (κ2) is 12.5. The zero-order valence-electron chi connectivity index (χ0n) is 25.3. The fourth-order valence-electron chi connectivity index (χ4n) is 7.40. The number of rotatable bonds is 13. The summed E-state index contributed by atoms with van der Waals surface area (Å²) in [7, 11) is 0. The molecule has 0 radical (unpaired) electrons. The number of fused-ring (bicyclic) bond motifs is 1. The van der Waals surface area contributed by atoms with Crippen LogP contribution >= 0.6 is 27.7 Å². The number of ether oxygens (including phenoxy) is 1. The van der Waals surface area contributed by atoms with E-state index in [0.717, 1.165) is 12.8 Å². The summed E-state index contributed by atoms with van der Waals surface area (Å²) in [6.07, 6.45) is 6.28. The third kappa shape index (κ3) is 6.07. The number of alkyl halides is 1. The van der Waals surface area contributed by atoms with Crippen molar-refractivity contribution in [3.05, 3.63) is 25.3 Å². The molecule has 9 heteroatoms. The molecule has 3 heterocycles. The lowest BCUT2D eigenvalue weighted by Crippen LogP contribution is -2.62. The minimum absolute atomic E-state index is 0.0374. The average molecular weight is 642 g/mol. The molecule has 3 unspecified atom stereocenters. The number of thioether (sulfide) groups is 1. The fraction of sp³-hybridized carbons (Fsp3) is 0.774. The van der Waals surface area contributed by atoms with Crippen LogP contribution in [0.1, 0.15) is 74.1 Å². The van der Waals surface area contributed by atoms with Crippen molar-refractivity contribution in [3.63, 3.8) is 0 Å². The minimum atomic E-state index is -0.808. The average Bonchev–Trinajstić information content (AvgIpc) is 3.42. The molecule has 3 aliphatic heterocycles. The number of carbonyl (C=O) groups excluding carboxylic acids is 3. The highest BCUT2D eigenvalue weighted by atomic mass is 79.9. The molecule has 2 bridgehead atoms. The molecule has 3 aliphatic rings. The first-order valence-electron chi connectivity index (χ1n) is 14.5. The first-order chi connectivity index (χ1) is 18.6. The predicted molar refractivity (Wildman–Crippen MR) is 165 cm³/mol. The van der Waals surface area contributed by atoms with Crippen molar-refractivity contribution in [1.82, 2.24) is 9.80 Å². The summed E-state index contributed by atoms with van der Waals surface area (Å²) in [5.74, 6) is -2.15. The fourth-order valence-corrected chi connectivity index (χ4v) is 11.0. The van der Waals surface area contributed by atoms with E-state index in [4.69, 9.17) is 4.74 Å². The van der Waals surface area contributed by atoms with Crippen molar-refractivity contribution in [2.45, 2.75) is 107 Å². The molecule has 7 atom stereocenters. The Kier molecular flexibility index (Phi) is 10.4. The van der Waals surface area contributed by atoms with Crippen LogP contribution < -0.4 is 0 Å². The molecule has 2 amide bonds. The van der Waals surface area contributed by atoms with Crippen LogP contribution in [-0.2, 0) is 19.1 Å². The molecule has 226 valence electrons. The number of halogens is 1. The van der Waals surface area contributed by atoms with Gasteiger partial charge >= 0.3 is 5.97 Å². The number of carbonyl (C=O) groups is 3. The number of allylic oxidation sites excluding steroid dienone is 1. The normalized spacial score (nSPS) is 30.4. The number of unbranched alkanes of at least 4 members (excludes halogenated alkanes) is 1. The van der Waals surface area contributed by atoms with Gasteiger partial charge in [0, 0.05) is 22.2 Å². The molecule has 3 rings (SSSR count). The molecular formula is C31H49BrN2O5S. The lowest BCUT2D eigenvalue weighted by molar-refractivity contribution is -0.155. The van der Waals surface area contributed by atoms with E-state index in [-0.39, 0.29) is 52.4 Å². The van der Waals surface area contributed by atoms with Gasteiger partial charge in [-0.05, 0) is 50.9 Å². The molecule has 3 fully saturated rings. The van der Waals surface area contributed by atoms with Crippen LogP contribution in [-0.4, -0.2) is 84.9 Å². The smallest absolute Gasteiger partial charge is 0.310 e. The Morgan fingerprint density at radius 1 is 1.25 bits per heavy atom. The molecular weight excluding hydrogens is 592 g/mol. The van der Waals surface area contributed by atoms with Crippen molar-refractivity contribution >= 4 is 45.5 Å². The van der Waals surface area contributed by atoms with E-state index < -0.39 is 34.2 Å². The van der Waals surface area contributed by atoms with E-state index in [2.05, 4.69) is 63.7 Å². The predicted octanol–water partition coefficient (Wildman–Crippen LogP) is 5.21. The highest BCUT2D eigenvalue weighted by molar-refractivity contribution is 9.09. The first-order valence-corrected chi connectivity index (χ1v) is 16.3. The number of amides is 2. The number of hydrogen-bond donors (Lipinski definition) is 1. The third-order valence-electron chi connectivity index (χ3n) is 8.62. The van der Waals surface area contributed by atoms with Gasteiger partial charge in [-0.25, -0.2) is 0 Å². The number of aliphatic hydroxyl groups is 1. The number of esters is 1. The summed E-state index contributed by atoms with van der Waals surface area (Å²) < 4.78 is 4.90. The Balaban J connectivity index is 2.11. The Morgan fingerprint density at radius 2 is 1.90 bits per heavy atom. The van der Waals surface area contributed by atoms with Crippen molar-refractivity contribution in [3.8, 4) is 0 Å². The van der Waals surface area contributed by atoms with Gasteiger partial charge in [0.05, 0.1) is 35.8 Å². The van der Waals surface area contributed by atoms with Crippen LogP contribution in [0.3, 0.4) is 0 Å². The third-order valence-corrected chi connectivity index (χ3v) is 11.8. The molecule has 0 saturated carbocycles. The quantitative estimate of drug-likeness (QED) is 0.129. The maximum atomic E-state index is 14.9. The second-order valence-electron chi connectivity index (χ2n) is 13.8. The molecule has 7 nitrogen and oxygen atoms in total. The van der Waals surface area contributed by atoms with Crippen LogP contribution in [0.2, 0.25) is 0 Å². The molecule has 3 saturated heterocycles. The Bertz CT molecular complexity index is 995. The van der Waals surface area contributed by atoms with Gasteiger partial charge in [-0.3, -0.25) is 14.4 Å². The number of aliphatic hydroxyl groups excluding tert-OH is 1. The highest BCUT2D eigenvalue weighted by Crippen LogP contribution is 2.68. The van der Waals surface area contributed by atoms with E-state index in [0.29, 0.717) is 19.4 Å². The summed E-state index contributed by atoms with van der Waals surface area (Å²) in [6, 6.07) is -1.35. The van der Waals surface area contributed by atoms with Gasteiger partial charge in [0.2, 0.25) is 11.8 Å².